The van der Waals surface area contributed by atoms with E-state index in [1.165, 1.54) is 6.92 Å². The number of amides is 2. The van der Waals surface area contributed by atoms with Gasteiger partial charge in [-0.25, -0.2) is 4.79 Å². The molecule has 0 spiro atoms. The average Bonchev–Trinajstić information content (AvgIpc) is 2.58. The molecule has 0 saturated carbocycles. The van der Waals surface area contributed by atoms with E-state index in [1.807, 2.05) is 30.3 Å². The second-order valence-electron chi connectivity index (χ2n) is 5.86. The zero-order valence-corrected chi connectivity index (χ0v) is 14.3. The molecular weight excluding hydrogens is 342 g/mol. The van der Waals surface area contributed by atoms with E-state index >= 15 is 0 Å². The maximum absolute atomic E-state index is 12.1. The van der Waals surface area contributed by atoms with Crippen LogP contribution in [0.3, 0.4) is 0 Å². The van der Waals surface area contributed by atoms with Crippen molar-refractivity contribution in [2.45, 2.75) is 44.3 Å². The molecule has 0 aromatic heterocycles. The molecule has 3 unspecified atom stereocenters. The number of hydrogen-bond acceptors (Lipinski definition) is 5. The largest absolute Gasteiger partial charge is 0.481 e. The van der Waals surface area contributed by atoms with Crippen molar-refractivity contribution in [3.8, 4) is 0 Å². The van der Waals surface area contributed by atoms with Crippen LogP contribution in [0, 0.1) is 0 Å². The zero-order chi connectivity index (χ0) is 19.7. The van der Waals surface area contributed by atoms with Crippen molar-refractivity contribution in [1.29, 1.82) is 0 Å². The summed E-state index contributed by atoms with van der Waals surface area (Å²) in [5.74, 6) is -3.80. The normalized spacial score (nSPS) is 13.9. The number of nitrogens with two attached hydrogens (primary N) is 1. The quantitative estimate of drug-likeness (QED) is 0.373. The number of nitrogens with one attached hydrogen (secondary N) is 2. The fraction of sp³-hybridized carbons (Fsp3) is 0.412. The number of carbonyl (C=O) groups excluding carboxylic acids is 2. The predicted molar refractivity (Wildman–Crippen MR) is 92.2 cm³/mol. The lowest BCUT2D eigenvalue weighted by Gasteiger charge is -2.20. The van der Waals surface area contributed by atoms with Gasteiger partial charge >= 0.3 is 11.9 Å². The van der Waals surface area contributed by atoms with Crippen molar-refractivity contribution in [3.63, 3.8) is 0 Å². The molecule has 1 rings (SSSR count). The molecule has 0 saturated heterocycles. The standard InChI is InChI=1S/C17H23N3O6/c1-10(15(23)20-13(17(25)26)7-8-14(21)22)19-16(24)12(18)9-11-5-3-2-4-6-11/h2-6,10,12-13H,7-9,18H2,1H3,(H,19,24)(H,20,23)(H,21,22)(H,25,26). The van der Waals surface area contributed by atoms with Crippen LogP contribution in [0.1, 0.15) is 25.3 Å². The molecule has 0 radical (unpaired) electrons. The Balaban J connectivity index is 2.54. The molecule has 26 heavy (non-hydrogen) atoms. The van der Waals surface area contributed by atoms with Gasteiger partial charge in [0.1, 0.15) is 12.1 Å². The van der Waals surface area contributed by atoms with E-state index < -0.39 is 48.3 Å². The summed E-state index contributed by atoms with van der Waals surface area (Å²) in [5.41, 5.74) is 6.69. The van der Waals surface area contributed by atoms with Crippen LogP contribution in [0.15, 0.2) is 30.3 Å². The minimum atomic E-state index is -1.35. The summed E-state index contributed by atoms with van der Waals surface area (Å²) in [6.45, 7) is 1.39. The summed E-state index contributed by atoms with van der Waals surface area (Å²) in [4.78, 5) is 45.8. The molecule has 9 heteroatoms. The topological polar surface area (TPSA) is 159 Å². The second-order valence-corrected chi connectivity index (χ2v) is 5.86. The Bertz CT molecular complexity index is 649. The van der Waals surface area contributed by atoms with Gasteiger partial charge in [0.15, 0.2) is 0 Å². The Morgan fingerprint density at radius 2 is 1.65 bits per heavy atom. The van der Waals surface area contributed by atoms with Gasteiger partial charge in [0.2, 0.25) is 11.8 Å². The van der Waals surface area contributed by atoms with Crippen LogP contribution in [0.25, 0.3) is 0 Å². The minimum absolute atomic E-state index is 0.259. The minimum Gasteiger partial charge on any atom is -0.481 e. The molecule has 9 nitrogen and oxygen atoms in total. The lowest BCUT2D eigenvalue weighted by atomic mass is 10.1. The first-order chi connectivity index (χ1) is 12.2. The van der Waals surface area contributed by atoms with Crippen LogP contribution >= 0.6 is 0 Å². The Kier molecular flexibility index (Phi) is 8.23. The van der Waals surface area contributed by atoms with Gasteiger partial charge < -0.3 is 26.6 Å². The van der Waals surface area contributed by atoms with Crippen LogP contribution in [0.5, 0.6) is 0 Å². The first-order valence-corrected chi connectivity index (χ1v) is 8.05. The molecule has 3 atom stereocenters. The van der Waals surface area contributed by atoms with E-state index in [9.17, 15) is 19.2 Å². The van der Waals surface area contributed by atoms with E-state index in [4.69, 9.17) is 15.9 Å². The first-order valence-electron chi connectivity index (χ1n) is 8.05. The van der Waals surface area contributed by atoms with E-state index in [-0.39, 0.29) is 12.8 Å². The Labute approximate surface area is 150 Å². The van der Waals surface area contributed by atoms with Crippen LogP contribution in [0.4, 0.5) is 0 Å². The molecule has 0 bridgehead atoms. The summed E-state index contributed by atoms with van der Waals surface area (Å²) >= 11 is 0. The number of rotatable bonds is 10. The number of benzene rings is 1. The monoisotopic (exact) mass is 365 g/mol. The third-order valence-corrected chi connectivity index (χ3v) is 3.65. The first kappa shape index (κ1) is 21.1. The number of carbonyl (C=O) groups is 4. The van der Waals surface area contributed by atoms with Gasteiger partial charge in [-0.05, 0) is 25.3 Å². The summed E-state index contributed by atoms with van der Waals surface area (Å²) in [6, 6.07) is 5.89. The van der Waals surface area contributed by atoms with Crippen molar-refractivity contribution in [3.05, 3.63) is 35.9 Å². The highest BCUT2D eigenvalue weighted by molar-refractivity contribution is 5.91. The van der Waals surface area contributed by atoms with Crippen LogP contribution in [-0.4, -0.2) is 52.1 Å². The molecule has 6 N–H and O–H groups in total. The predicted octanol–water partition coefficient (Wildman–Crippen LogP) is -0.505. The second kappa shape index (κ2) is 10.1. The van der Waals surface area contributed by atoms with Gasteiger partial charge in [-0.2, -0.15) is 0 Å². The van der Waals surface area contributed by atoms with Crippen molar-refractivity contribution in [2.75, 3.05) is 0 Å². The van der Waals surface area contributed by atoms with Gasteiger partial charge in [-0.1, -0.05) is 30.3 Å². The molecule has 2 amide bonds. The van der Waals surface area contributed by atoms with Crippen molar-refractivity contribution in [1.82, 2.24) is 10.6 Å². The van der Waals surface area contributed by atoms with E-state index in [2.05, 4.69) is 10.6 Å². The number of aliphatic carboxylic acids is 2. The molecular formula is C17H23N3O6. The van der Waals surface area contributed by atoms with Gasteiger partial charge in [0, 0.05) is 6.42 Å². The summed E-state index contributed by atoms with van der Waals surface area (Å²) in [5, 5.41) is 22.3. The molecule has 0 aliphatic heterocycles. The number of carboxylic acids is 2. The van der Waals surface area contributed by atoms with Gasteiger partial charge in [-0.15, -0.1) is 0 Å². The maximum Gasteiger partial charge on any atom is 0.326 e. The maximum atomic E-state index is 12.1. The number of hydrogen-bond donors (Lipinski definition) is 5. The Morgan fingerprint density at radius 3 is 2.19 bits per heavy atom. The van der Waals surface area contributed by atoms with E-state index in [0.717, 1.165) is 5.56 Å². The smallest absolute Gasteiger partial charge is 0.326 e. The SMILES string of the molecule is CC(NC(=O)C(N)Cc1ccccc1)C(=O)NC(CCC(=O)O)C(=O)O. The average molecular weight is 365 g/mol. The lowest BCUT2D eigenvalue weighted by Crippen LogP contribution is -2.53. The molecule has 1 aromatic carbocycles. The third-order valence-electron chi connectivity index (χ3n) is 3.65. The van der Waals surface area contributed by atoms with E-state index in [0.29, 0.717) is 0 Å². The van der Waals surface area contributed by atoms with Crippen molar-refractivity contribution in [2.24, 2.45) is 5.73 Å². The van der Waals surface area contributed by atoms with Crippen molar-refractivity contribution < 1.29 is 29.4 Å². The molecule has 0 fully saturated rings. The molecule has 0 aliphatic carbocycles. The number of carboxylic acid groups (broad SMARTS) is 2. The fourth-order valence-corrected chi connectivity index (χ4v) is 2.17. The summed E-state index contributed by atoms with van der Waals surface area (Å²) < 4.78 is 0. The van der Waals surface area contributed by atoms with Crippen molar-refractivity contribution >= 4 is 23.8 Å². The summed E-state index contributed by atoms with van der Waals surface area (Å²) in [6.07, 6.45) is -0.373. The lowest BCUT2D eigenvalue weighted by molar-refractivity contribution is -0.143. The van der Waals surface area contributed by atoms with Gasteiger partial charge in [-0.3, -0.25) is 14.4 Å². The highest BCUT2D eigenvalue weighted by Crippen LogP contribution is 2.03. The highest BCUT2D eigenvalue weighted by Gasteiger charge is 2.25. The molecule has 1 aromatic rings. The molecule has 0 heterocycles. The Morgan fingerprint density at radius 1 is 1.04 bits per heavy atom. The molecule has 142 valence electrons. The van der Waals surface area contributed by atoms with Gasteiger partial charge in [0.25, 0.3) is 0 Å². The van der Waals surface area contributed by atoms with Crippen LogP contribution < -0.4 is 16.4 Å². The summed E-state index contributed by atoms with van der Waals surface area (Å²) in [7, 11) is 0. The third kappa shape index (κ3) is 7.31. The van der Waals surface area contributed by atoms with E-state index in [1.54, 1.807) is 0 Å². The molecule has 0 aliphatic rings. The fourth-order valence-electron chi connectivity index (χ4n) is 2.17. The van der Waals surface area contributed by atoms with Crippen LogP contribution in [0.2, 0.25) is 0 Å². The zero-order valence-electron chi connectivity index (χ0n) is 14.3. The Hall–Kier alpha value is -2.94. The van der Waals surface area contributed by atoms with Crippen LogP contribution in [-0.2, 0) is 25.6 Å². The highest BCUT2D eigenvalue weighted by atomic mass is 16.4. The van der Waals surface area contributed by atoms with Gasteiger partial charge in [0.05, 0.1) is 6.04 Å².